The van der Waals surface area contributed by atoms with E-state index < -0.39 is 4.92 Å². The van der Waals surface area contributed by atoms with E-state index in [9.17, 15) is 14.9 Å². The molecule has 6 nitrogen and oxygen atoms in total. The Morgan fingerprint density at radius 2 is 2.19 bits per heavy atom. The van der Waals surface area contributed by atoms with Crippen LogP contribution in [0, 0.1) is 22.0 Å². The summed E-state index contributed by atoms with van der Waals surface area (Å²) in [5.74, 6) is 0.154. The first-order valence-electron chi connectivity index (χ1n) is 6.88. The van der Waals surface area contributed by atoms with E-state index in [2.05, 4.69) is 4.98 Å². The highest BCUT2D eigenvalue weighted by Gasteiger charge is 2.31. The number of nitro groups is 1. The lowest BCUT2D eigenvalue weighted by molar-refractivity contribution is -0.385. The maximum Gasteiger partial charge on any atom is 0.294 e. The van der Waals surface area contributed by atoms with Gasteiger partial charge >= 0.3 is 0 Å². The Hall–Kier alpha value is -2.08. The van der Waals surface area contributed by atoms with E-state index in [0.29, 0.717) is 18.5 Å². The van der Waals surface area contributed by atoms with E-state index in [1.807, 2.05) is 25.9 Å². The minimum atomic E-state index is -0.454. The zero-order valence-electron chi connectivity index (χ0n) is 12.4. The molecule has 0 N–H and O–H groups in total. The summed E-state index contributed by atoms with van der Waals surface area (Å²) >= 11 is 0. The van der Waals surface area contributed by atoms with Gasteiger partial charge in [-0.15, -0.1) is 0 Å². The van der Waals surface area contributed by atoms with Gasteiger partial charge < -0.3 is 4.90 Å². The predicted molar refractivity (Wildman–Crippen MR) is 79.7 cm³/mol. The molecule has 0 aliphatic heterocycles. The number of carbonyl (C=O) groups excluding carboxylic acids is 1. The Labute approximate surface area is 123 Å². The number of pyridine rings is 1. The first kappa shape index (κ1) is 15.3. The van der Waals surface area contributed by atoms with Crippen LogP contribution in [0.3, 0.4) is 0 Å². The molecule has 1 heterocycles. The minimum Gasteiger partial charge on any atom is -0.309 e. The third-order valence-electron chi connectivity index (χ3n) is 3.82. The van der Waals surface area contributed by atoms with Crippen LogP contribution in [0.15, 0.2) is 24.5 Å². The van der Waals surface area contributed by atoms with Gasteiger partial charge in [0.1, 0.15) is 6.20 Å². The van der Waals surface area contributed by atoms with Crippen LogP contribution in [0.5, 0.6) is 0 Å². The highest BCUT2D eigenvalue weighted by molar-refractivity contribution is 6.01. The highest BCUT2D eigenvalue weighted by Crippen LogP contribution is 2.36. The molecule has 1 aromatic rings. The Morgan fingerprint density at radius 1 is 1.48 bits per heavy atom. The van der Waals surface area contributed by atoms with Crippen molar-refractivity contribution in [1.82, 2.24) is 9.88 Å². The molecule has 0 spiro atoms. The molecule has 0 amide bonds. The largest absolute Gasteiger partial charge is 0.309 e. The third kappa shape index (κ3) is 3.33. The van der Waals surface area contributed by atoms with Crippen molar-refractivity contribution in [1.29, 1.82) is 0 Å². The lowest BCUT2D eigenvalue weighted by atomic mass is 9.78. The third-order valence-corrected chi connectivity index (χ3v) is 3.82. The number of hydrogen-bond donors (Lipinski definition) is 0. The smallest absolute Gasteiger partial charge is 0.294 e. The molecule has 1 aromatic heterocycles. The maximum atomic E-state index is 12.3. The van der Waals surface area contributed by atoms with Gasteiger partial charge in [0.2, 0.25) is 0 Å². The summed E-state index contributed by atoms with van der Waals surface area (Å²) in [7, 11) is 3.87. The highest BCUT2D eigenvalue weighted by atomic mass is 16.6. The van der Waals surface area contributed by atoms with Crippen molar-refractivity contribution in [3.05, 3.63) is 40.2 Å². The van der Waals surface area contributed by atoms with Crippen molar-refractivity contribution >= 4 is 17.0 Å². The number of hydrogen-bond acceptors (Lipinski definition) is 5. The zero-order valence-corrected chi connectivity index (χ0v) is 12.4. The fraction of sp³-hybridized carbons (Fsp3) is 0.467. The van der Waals surface area contributed by atoms with Crippen molar-refractivity contribution in [3.8, 4) is 0 Å². The van der Waals surface area contributed by atoms with Crippen molar-refractivity contribution in [3.63, 3.8) is 0 Å². The summed E-state index contributed by atoms with van der Waals surface area (Å²) in [4.78, 5) is 28.7. The second-order valence-corrected chi connectivity index (χ2v) is 5.77. The summed E-state index contributed by atoms with van der Waals surface area (Å²) in [6, 6.07) is 1.61. The van der Waals surface area contributed by atoms with Gasteiger partial charge in [0.15, 0.2) is 5.78 Å². The Bertz CT molecular complexity index is 596. The topological polar surface area (TPSA) is 76.3 Å². The number of aromatic nitrogens is 1. The van der Waals surface area contributed by atoms with Gasteiger partial charge in [0.25, 0.3) is 5.69 Å². The van der Waals surface area contributed by atoms with Crippen LogP contribution in [0.2, 0.25) is 0 Å². The van der Waals surface area contributed by atoms with Gasteiger partial charge in [0, 0.05) is 18.7 Å². The van der Waals surface area contributed by atoms with Crippen LogP contribution in [0.4, 0.5) is 5.69 Å². The number of nitrogens with zero attached hydrogens (tertiary/aromatic N) is 3. The quantitative estimate of drug-likeness (QED) is 0.627. The van der Waals surface area contributed by atoms with E-state index in [0.717, 1.165) is 5.57 Å². The molecular formula is C15H19N3O3. The molecule has 1 aliphatic rings. The van der Waals surface area contributed by atoms with Crippen LogP contribution < -0.4 is 0 Å². The van der Waals surface area contributed by atoms with Crippen molar-refractivity contribution < 1.29 is 9.72 Å². The molecule has 2 atom stereocenters. The summed E-state index contributed by atoms with van der Waals surface area (Å²) in [6.45, 7) is 2.72. The molecule has 112 valence electrons. The SMILES string of the molecule is C[C@H]1CC(c2ccncc2[N+](=O)[O-])=CC(=O)C1CN(C)C. The summed E-state index contributed by atoms with van der Waals surface area (Å²) in [6.07, 6.45) is 4.98. The second-order valence-electron chi connectivity index (χ2n) is 5.77. The van der Waals surface area contributed by atoms with Crippen molar-refractivity contribution in [2.75, 3.05) is 20.6 Å². The zero-order chi connectivity index (χ0) is 15.6. The molecule has 0 bridgehead atoms. The van der Waals surface area contributed by atoms with Crippen LogP contribution in [0.1, 0.15) is 18.9 Å². The molecule has 0 aromatic carbocycles. The maximum absolute atomic E-state index is 12.3. The first-order valence-corrected chi connectivity index (χ1v) is 6.88. The van der Waals surface area contributed by atoms with Crippen molar-refractivity contribution in [2.24, 2.45) is 11.8 Å². The van der Waals surface area contributed by atoms with Crippen molar-refractivity contribution in [2.45, 2.75) is 13.3 Å². The van der Waals surface area contributed by atoms with Gasteiger partial charge in [-0.3, -0.25) is 19.9 Å². The lowest BCUT2D eigenvalue weighted by Gasteiger charge is -2.29. The second kappa shape index (κ2) is 6.13. The molecule has 21 heavy (non-hydrogen) atoms. The minimum absolute atomic E-state index is 0.0450. The summed E-state index contributed by atoms with van der Waals surface area (Å²) in [5, 5.41) is 11.1. The fourth-order valence-corrected chi connectivity index (χ4v) is 2.76. The van der Waals surface area contributed by atoms with Gasteiger partial charge in [-0.25, -0.2) is 0 Å². The molecule has 0 radical (unpaired) electrons. The lowest BCUT2D eigenvalue weighted by Crippen LogP contribution is -2.34. The summed E-state index contributed by atoms with van der Waals surface area (Å²) in [5.41, 5.74) is 1.19. The average Bonchev–Trinajstić information content (AvgIpc) is 2.42. The molecule has 6 heteroatoms. The number of carbonyl (C=O) groups is 1. The van der Waals surface area contributed by atoms with E-state index in [-0.39, 0.29) is 23.3 Å². The van der Waals surface area contributed by atoms with Gasteiger partial charge in [-0.1, -0.05) is 6.92 Å². The first-order chi connectivity index (χ1) is 9.90. The molecule has 1 unspecified atom stereocenters. The van der Waals surface area contributed by atoms with E-state index in [4.69, 9.17) is 0 Å². The average molecular weight is 289 g/mol. The normalized spacial score (nSPS) is 22.3. The molecular weight excluding hydrogens is 270 g/mol. The standard InChI is InChI=1S/C15H19N3O3/c1-10-6-11(7-15(19)13(10)9-17(2)3)12-4-5-16-8-14(12)18(20)21/h4-5,7-8,10,13H,6,9H2,1-3H3/t10-,13?/m0/s1. The van der Waals surface area contributed by atoms with E-state index >= 15 is 0 Å². The van der Waals surface area contributed by atoms with Gasteiger partial charge in [0.05, 0.1) is 10.5 Å². The van der Waals surface area contributed by atoms with Crippen LogP contribution in [-0.4, -0.2) is 41.2 Å². The molecule has 0 saturated carbocycles. The predicted octanol–water partition coefficient (Wildman–Crippen LogP) is 2.16. The molecule has 0 saturated heterocycles. The number of allylic oxidation sites excluding steroid dienone is 2. The van der Waals surface area contributed by atoms with Crippen LogP contribution >= 0.6 is 0 Å². The van der Waals surface area contributed by atoms with Gasteiger partial charge in [-0.05, 0) is 44.1 Å². The van der Waals surface area contributed by atoms with Gasteiger partial charge in [-0.2, -0.15) is 0 Å². The van der Waals surface area contributed by atoms with Crippen LogP contribution in [-0.2, 0) is 4.79 Å². The molecule has 0 fully saturated rings. The van der Waals surface area contributed by atoms with Crippen LogP contribution in [0.25, 0.3) is 5.57 Å². The molecule has 2 rings (SSSR count). The Kier molecular flexibility index (Phi) is 4.47. The van der Waals surface area contributed by atoms with E-state index in [1.165, 1.54) is 12.4 Å². The Morgan fingerprint density at radius 3 is 2.76 bits per heavy atom. The number of ketones is 1. The fourth-order valence-electron chi connectivity index (χ4n) is 2.76. The summed E-state index contributed by atoms with van der Waals surface area (Å²) < 4.78 is 0. The monoisotopic (exact) mass is 289 g/mol. The Balaban J connectivity index is 2.35. The molecule has 1 aliphatic carbocycles. The number of rotatable bonds is 4. The van der Waals surface area contributed by atoms with E-state index in [1.54, 1.807) is 12.1 Å².